The fourth-order valence-corrected chi connectivity index (χ4v) is 2.20. The van der Waals surface area contributed by atoms with Crippen molar-refractivity contribution in [2.45, 2.75) is 13.3 Å². The Hall–Kier alpha value is -2.21. The number of hydrogen-bond donors (Lipinski definition) is 1. The lowest BCUT2D eigenvalue weighted by molar-refractivity contribution is -0.137. The van der Waals surface area contributed by atoms with E-state index in [1.165, 1.54) is 0 Å². The van der Waals surface area contributed by atoms with Crippen LogP contribution in [-0.2, 0) is 11.8 Å². The number of aryl methyl sites for hydroxylation is 2. The van der Waals surface area contributed by atoms with Gasteiger partial charge in [-0.1, -0.05) is 0 Å². The molecular weight excluding hydrogens is 270 g/mol. The molecule has 0 atom stereocenters. The molecular formula is C15H19N3O3. The van der Waals surface area contributed by atoms with Crippen LogP contribution < -0.4 is 0 Å². The predicted molar refractivity (Wildman–Crippen MR) is 79.5 cm³/mol. The smallest absolute Gasteiger partial charge is 0.304 e. The number of nitrogens with zero attached hydrogens (tertiary/aromatic N) is 3. The summed E-state index contributed by atoms with van der Waals surface area (Å²) in [6, 6.07) is 5.46. The number of carbonyl (C=O) groups excluding carboxylic acids is 1. The quantitative estimate of drug-likeness (QED) is 0.815. The number of hydrogen-bond acceptors (Lipinski definition) is 4. The second kappa shape index (κ2) is 6.05. The average molecular weight is 289 g/mol. The molecule has 0 unspecified atom stereocenters. The van der Waals surface area contributed by atoms with Gasteiger partial charge >= 0.3 is 5.97 Å². The number of likely N-dealkylation sites (N-methyl/N-ethyl adjacent to an activating group) is 1. The molecule has 2 rings (SSSR count). The van der Waals surface area contributed by atoms with Gasteiger partial charge in [0.05, 0.1) is 24.0 Å². The van der Waals surface area contributed by atoms with Crippen molar-refractivity contribution >= 4 is 22.8 Å². The van der Waals surface area contributed by atoms with Crippen molar-refractivity contribution in [1.29, 1.82) is 0 Å². The van der Waals surface area contributed by atoms with Crippen LogP contribution in [0.15, 0.2) is 18.2 Å². The highest BCUT2D eigenvalue weighted by atomic mass is 16.4. The van der Waals surface area contributed by atoms with Gasteiger partial charge in [-0.15, -0.1) is 0 Å². The lowest BCUT2D eigenvalue weighted by Crippen LogP contribution is -2.28. The fourth-order valence-electron chi connectivity index (χ4n) is 2.20. The Balaban J connectivity index is 2.10. The van der Waals surface area contributed by atoms with Crippen LogP contribution in [0.2, 0.25) is 0 Å². The monoisotopic (exact) mass is 289 g/mol. The second-order valence-corrected chi connectivity index (χ2v) is 5.23. The first kappa shape index (κ1) is 15.2. The molecule has 2 aromatic rings. The van der Waals surface area contributed by atoms with Crippen molar-refractivity contribution in [3.05, 3.63) is 29.6 Å². The van der Waals surface area contributed by atoms with Gasteiger partial charge in [-0.3, -0.25) is 14.5 Å². The van der Waals surface area contributed by atoms with Crippen LogP contribution in [-0.4, -0.2) is 51.4 Å². The van der Waals surface area contributed by atoms with Gasteiger partial charge in [0.15, 0.2) is 5.78 Å². The molecule has 0 bridgehead atoms. The van der Waals surface area contributed by atoms with Crippen molar-refractivity contribution in [2.75, 3.05) is 20.1 Å². The minimum Gasteiger partial charge on any atom is -0.481 e. The van der Waals surface area contributed by atoms with Gasteiger partial charge in [0.1, 0.15) is 5.82 Å². The summed E-state index contributed by atoms with van der Waals surface area (Å²) < 4.78 is 1.97. The molecule has 1 N–H and O–H groups in total. The third-order valence-corrected chi connectivity index (χ3v) is 3.55. The number of ketones is 1. The van der Waals surface area contributed by atoms with Crippen LogP contribution in [0.4, 0.5) is 0 Å². The van der Waals surface area contributed by atoms with Gasteiger partial charge in [0.2, 0.25) is 0 Å². The van der Waals surface area contributed by atoms with Crippen molar-refractivity contribution in [2.24, 2.45) is 7.05 Å². The van der Waals surface area contributed by atoms with Gasteiger partial charge in [-0.2, -0.15) is 0 Å². The fraction of sp³-hybridized carbons (Fsp3) is 0.400. The van der Waals surface area contributed by atoms with E-state index in [0.29, 0.717) is 12.1 Å². The molecule has 1 aromatic heterocycles. The van der Waals surface area contributed by atoms with E-state index in [1.807, 2.05) is 24.6 Å². The standard InChI is InChI=1S/C15H19N3O3/c1-10-16-12-8-11(4-5-13(12)18(10)3)14(19)9-17(2)7-6-15(20)21/h4-5,8H,6-7,9H2,1-3H3,(H,20,21). The number of aliphatic carboxylic acids is 1. The molecule has 6 heteroatoms. The largest absolute Gasteiger partial charge is 0.481 e. The van der Waals surface area contributed by atoms with Gasteiger partial charge in [0, 0.05) is 19.2 Å². The third kappa shape index (κ3) is 3.46. The van der Waals surface area contributed by atoms with Crippen molar-refractivity contribution in [3.63, 3.8) is 0 Å². The number of fused-ring (bicyclic) bond motifs is 1. The lowest BCUT2D eigenvalue weighted by Gasteiger charge is -2.14. The van der Waals surface area contributed by atoms with Crippen molar-refractivity contribution in [3.8, 4) is 0 Å². The third-order valence-electron chi connectivity index (χ3n) is 3.55. The number of carboxylic acids is 1. The zero-order chi connectivity index (χ0) is 15.6. The topological polar surface area (TPSA) is 75.4 Å². The summed E-state index contributed by atoms with van der Waals surface area (Å²) in [4.78, 5) is 28.9. The summed E-state index contributed by atoms with van der Waals surface area (Å²) >= 11 is 0. The first-order valence-corrected chi connectivity index (χ1v) is 6.75. The molecule has 0 aliphatic heterocycles. The Bertz CT molecular complexity index is 691. The number of imidazole rings is 1. The highest BCUT2D eigenvalue weighted by Crippen LogP contribution is 2.16. The molecule has 0 spiro atoms. The molecule has 1 heterocycles. The summed E-state index contributed by atoms with van der Waals surface area (Å²) in [5.41, 5.74) is 2.39. The van der Waals surface area contributed by atoms with Crippen LogP contribution >= 0.6 is 0 Å². The summed E-state index contributed by atoms with van der Waals surface area (Å²) in [5, 5.41) is 8.64. The van der Waals surface area contributed by atoms with Crippen molar-refractivity contribution < 1.29 is 14.7 Å². The zero-order valence-electron chi connectivity index (χ0n) is 12.5. The molecule has 0 saturated heterocycles. The van der Waals surface area contributed by atoms with Crippen molar-refractivity contribution in [1.82, 2.24) is 14.5 Å². The number of carbonyl (C=O) groups is 2. The maximum Gasteiger partial charge on any atom is 0.304 e. The van der Waals surface area contributed by atoms with Crippen LogP contribution in [0.1, 0.15) is 22.6 Å². The Morgan fingerprint density at radius 2 is 2.10 bits per heavy atom. The van der Waals surface area contributed by atoms with E-state index < -0.39 is 5.97 Å². The second-order valence-electron chi connectivity index (χ2n) is 5.23. The van der Waals surface area contributed by atoms with Gasteiger partial charge in [0.25, 0.3) is 0 Å². The molecule has 6 nitrogen and oxygen atoms in total. The maximum absolute atomic E-state index is 12.2. The first-order valence-electron chi connectivity index (χ1n) is 6.75. The summed E-state index contributed by atoms with van der Waals surface area (Å²) in [7, 11) is 3.68. The molecule has 0 aliphatic rings. The number of aromatic nitrogens is 2. The molecule has 0 fully saturated rings. The van der Waals surface area contributed by atoms with E-state index in [9.17, 15) is 9.59 Å². The Morgan fingerprint density at radius 3 is 2.76 bits per heavy atom. The zero-order valence-corrected chi connectivity index (χ0v) is 12.5. The number of benzene rings is 1. The Labute approximate surface area is 123 Å². The minimum absolute atomic E-state index is 0.0300. The highest BCUT2D eigenvalue weighted by Gasteiger charge is 2.12. The lowest BCUT2D eigenvalue weighted by atomic mass is 10.1. The SMILES string of the molecule is Cc1nc2cc(C(=O)CN(C)CCC(=O)O)ccc2n1C. The van der Waals surface area contributed by atoms with Crippen LogP contribution in [0, 0.1) is 6.92 Å². The minimum atomic E-state index is -0.861. The molecule has 1 aromatic carbocycles. The van der Waals surface area contributed by atoms with E-state index in [2.05, 4.69) is 4.98 Å². The van der Waals surface area contributed by atoms with Crippen LogP contribution in [0.25, 0.3) is 11.0 Å². The van der Waals surface area contributed by atoms with E-state index in [0.717, 1.165) is 16.9 Å². The van der Waals surface area contributed by atoms with Gasteiger partial charge in [-0.25, -0.2) is 4.98 Å². The van der Waals surface area contributed by atoms with Crippen LogP contribution in [0.3, 0.4) is 0 Å². The van der Waals surface area contributed by atoms with Gasteiger partial charge in [-0.05, 0) is 32.2 Å². The normalized spacial score (nSPS) is 11.2. The summed E-state index contributed by atoms with van der Waals surface area (Å²) in [6.45, 7) is 2.47. The van der Waals surface area contributed by atoms with E-state index in [1.54, 1.807) is 24.1 Å². The molecule has 112 valence electrons. The number of carboxylic acid groups (broad SMARTS) is 1. The Kier molecular flexibility index (Phi) is 4.37. The number of Topliss-reactive ketones (excluding diaryl/α,β-unsaturated/α-hetero) is 1. The van der Waals surface area contributed by atoms with E-state index in [-0.39, 0.29) is 18.7 Å². The van der Waals surface area contributed by atoms with E-state index >= 15 is 0 Å². The van der Waals surface area contributed by atoms with Crippen LogP contribution in [0.5, 0.6) is 0 Å². The molecule has 0 aliphatic carbocycles. The summed E-state index contributed by atoms with van der Waals surface area (Å²) in [6.07, 6.45) is 0.0300. The Morgan fingerprint density at radius 1 is 1.38 bits per heavy atom. The molecule has 0 saturated carbocycles. The first-order chi connectivity index (χ1) is 9.88. The summed E-state index contributed by atoms with van der Waals surface area (Å²) in [5.74, 6) is 0.000879. The predicted octanol–water partition coefficient (Wildman–Crippen LogP) is 1.47. The maximum atomic E-state index is 12.2. The van der Waals surface area contributed by atoms with Gasteiger partial charge < -0.3 is 9.67 Å². The highest BCUT2D eigenvalue weighted by molar-refractivity contribution is 6.00. The van der Waals surface area contributed by atoms with E-state index in [4.69, 9.17) is 5.11 Å². The molecule has 0 radical (unpaired) electrons. The average Bonchev–Trinajstić information content (AvgIpc) is 2.71. The molecule has 0 amide bonds. The number of rotatable bonds is 6. The molecule has 21 heavy (non-hydrogen) atoms.